The van der Waals surface area contributed by atoms with Crippen molar-refractivity contribution in [2.45, 2.75) is 36.6 Å². The maximum absolute atomic E-state index is 13.6. The monoisotopic (exact) mass is 464 g/mol. The van der Waals surface area contributed by atoms with E-state index in [0.29, 0.717) is 16.1 Å². The summed E-state index contributed by atoms with van der Waals surface area (Å²) in [6.07, 6.45) is 1.38. The van der Waals surface area contributed by atoms with E-state index in [1.165, 1.54) is 23.7 Å². The summed E-state index contributed by atoms with van der Waals surface area (Å²) in [4.78, 5) is 16.4. The van der Waals surface area contributed by atoms with Crippen molar-refractivity contribution in [3.8, 4) is 23.7 Å². The van der Waals surface area contributed by atoms with Crippen molar-refractivity contribution in [3.05, 3.63) is 28.8 Å². The molecule has 164 valence electrons. The van der Waals surface area contributed by atoms with Crippen LogP contribution < -0.4 is 5.48 Å². The first kappa shape index (κ1) is 23.2. The molecule has 1 heterocycles. The number of benzene rings is 1. The van der Waals surface area contributed by atoms with Crippen molar-refractivity contribution >= 4 is 37.3 Å². The molecule has 1 amide bonds. The summed E-state index contributed by atoms with van der Waals surface area (Å²) >= 11 is 1.36. The van der Waals surface area contributed by atoms with Gasteiger partial charge in [0.2, 0.25) is 0 Å². The number of fused-ring (bicyclic) bond motifs is 1. The molecular weight excluding hydrogens is 443 g/mol. The molecule has 0 radical (unpaired) electrons. The number of aryl methyl sites for hydroxylation is 1. The van der Waals surface area contributed by atoms with Crippen LogP contribution in [0.2, 0.25) is 0 Å². The number of thiazole rings is 1. The van der Waals surface area contributed by atoms with Crippen LogP contribution in [-0.4, -0.2) is 52.9 Å². The zero-order valence-electron chi connectivity index (χ0n) is 16.9. The van der Waals surface area contributed by atoms with Gasteiger partial charge < -0.3 is 5.11 Å². The Morgan fingerprint density at radius 1 is 1.45 bits per heavy atom. The predicted octanol–water partition coefficient (Wildman–Crippen LogP) is 1.61. The van der Waals surface area contributed by atoms with Gasteiger partial charge in [0.15, 0.2) is 9.84 Å². The second-order valence-electron chi connectivity index (χ2n) is 7.70. The van der Waals surface area contributed by atoms with E-state index in [2.05, 4.69) is 28.7 Å². The standard InChI is InChI=1S/C21H21FN2O5S2/c1-20(19(26)24-27,31(2,28)29)10-9-18-23-16-8-7-14(11-17(16)30-18)5-3-4-6-15-12-21(15,22)13-25/h7-8,11,15,25,27H,9-10,12-13H2,1-2H3,(H,24,26)/t15?,20-,21+/m1/s1. The molecule has 0 saturated heterocycles. The van der Waals surface area contributed by atoms with Crippen LogP contribution in [0.25, 0.3) is 10.2 Å². The molecule has 1 aromatic carbocycles. The zero-order chi connectivity index (χ0) is 22.9. The average Bonchev–Trinajstić information content (AvgIpc) is 3.20. The lowest BCUT2D eigenvalue weighted by Gasteiger charge is -2.24. The lowest BCUT2D eigenvalue weighted by Crippen LogP contribution is -2.49. The maximum Gasteiger partial charge on any atom is 0.264 e. The number of hydroxylamine groups is 1. The number of carbonyl (C=O) groups is 1. The quantitative estimate of drug-likeness (QED) is 0.340. The highest BCUT2D eigenvalue weighted by molar-refractivity contribution is 7.92. The summed E-state index contributed by atoms with van der Waals surface area (Å²) in [5.74, 6) is 9.43. The van der Waals surface area contributed by atoms with Gasteiger partial charge in [-0.15, -0.1) is 11.3 Å². The van der Waals surface area contributed by atoms with E-state index < -0.39 is 38.7 Å². The molecule has 1 aliphatic carbocycles. The summed E-state index contributed by atoms with van der Waals surface area (Å²) in [7, 11) is -3.77. The van der Waals surface area contributed by atoms with Crippen molar-refractivity contribution < 1.29 is 27.9 Å². The number of carbonyl (C=O) groups excluding carboxylic acids is 1. The van der Waals surface area contributed by atoms with E-state index in [9.17, 15) is 17.6 Å². The second kappa shape index (κ2) is 8.56. The Morgan fingerprint density at radius 2 is 2.19 bits per heavy atom. The van der Waals surface area contributed by atoms with Gasteiger partial charge in [-0.2, -0.15) is 0 Å². The van der Waals surface area contributed by atoms with Crippen LogP contribution in [-0.2, 0) is 21.1 Å². The summed E-state index contributed by atoms with van der Waals surface area (Å²) in [5.41, 5.74) is 1.26. The Balaban J connectivity index is 1.72. The third kappa shape index (κ3) is 4.89. The molecule has 0 spiro atoms. The van der Waals surface area contributed by atoms with Crippen molar-refractivity contribution in [1.82, 2.24) is 10.5 Å². The van der Waals surface area contributed by atoms with Crippen LogP contribution in [0.4, 0.5) is 4.39 Å². The predicted molar refractivity (Wildman–Crippen MR) is 115 cm³/mol. The molecule has 10 heteroatoms. The average molecular weight is 465 g/mol. The van der Waals surface area contributed by atoms with Gasteiger partial charge in [-0.25, -0.2) is 23.3 Å². The Labute approximate surface area is 183 Å². The Morgan fingerprint density at radius 3 is 2.81 bits per heavy atom. The van der Waals surface area contributed by atoms with E-state index in [0.717, 1.165) is 11.0 Å². The van der Waals surface area contributed by atoms with Crippen molar-refractivity contribution in [1.29, 1.82) is 0 Å². The van der Waals surface area contributed by atoms with Crippen LogP contribution in [0.3, 0.4) is 0 Å². The maximum atomic E-state index is 13.6. The molecule has 3 atom stereocenters. The molecule has 0 aliphatic heterocycles. The number of hydrogen-bond acceptors (Lipinski definition) is 7. The molecule has 3 rings (SSSR count). The lowest BCUT2D eigenvalue weighted by molar-refractivity contribution is -0.131. The number of sulfone groups is 1. The number of amides is 1. The molecule has 2 aromatic rings. The summed E-state index contributed by atoms with van der Waals surface area (Å²) in [6, 6.07) is 5.37. The van der Waals surface area contributed by atoms with Crippen molar-refractivity contribution in [2.75, 3.05) is 12.9 Å². The molecule has 3 N–H and O–H groups in total. The SMILES string of the molecule is C[C@@](CCc1nc2ccc(C#CC#CC3C[C@]3(F)CO)cc2s1)(C(=O)NO)S(C)(=O)=O. The molecule has 1 saturated carbocycles. The minimum absolute atomic E-state index is 0.0363. The number of nitrogens with zero attached hydrogens (tertiary/aromatic N) is 1. The largest absolute Gasteiger partial charge is 0.393 e. The van der Waals surface area contributed by atoms with Crippen LogP contribution in [0, 0.1) is 29.6 Å². The first-order chi connectivity index (χ1) is 14.5. The third-order valence-corrected chi connectivity index (χ3v) is 8.54. The smallest absolute Gasteiger partial charge is 0.264 e. The highest BCUT2D eigenvalue weighted by Crippen LogP contribution is 2.46. The second-order valence-corrected chi connectivity index (χ2v) is 11.3. The van der Waals surface area contributed by atoms with E-state index in [4.69, 9.17) is 10.3 Å². The minimum Gasteiger partial charge on any atom is -0.393 e. The number of aromatic nitrogens is 1. The number of alkyl halides is 1. The van der Waals surface area contributed by atoms with Gasteiger partial charge in [-0.1, -0.05) is 11.8 Å². The van der Waals surface area contributed by atoms with Crippen LogP contribution in [0.5, 0.6) is 0 Å². The molecule has 0 bridgehead atoms. The Kier molecular flexibility index (Phi) is 6.40. The van der Waals surface area contributed by atoms with Crippen LogP contribution in [0.15, 0.2) is 18.2 Å². The molecular formula is C21H21FN2O5S2. The molecule has 31 heavy (non-hydrogen) atoms. The topological polar surface area (TPSA) is 117 Å². The van der Waals surface area contributed by atoms with Crippen LogP contribution >= 0.6 is 11.3 Å². The number of rotatable bonds is 6. The molecule has 1 unspecified atom stereocenters. The highest BCUT2D eigenvalue weighted by atomic mass is 32.2. The fourth-order valence-corrected chi connectivity index (χ4v) is 4.81. The molecule has 1 aliphatic rings. The number of hydrogen-bond donors (Lipinski definition) is 3. The number of halogens is 1. The first-order valence-corrected chi connectivity index (χ1v) is 12.1. The van der Waals surface area contributed by atoms with Gasteiger partial charge in [-0.3, -0.25) is 10.0 Å². The Hall–Kier alpha value is -2.50. The van der Waals surface area contributed by atoms with Crippen molar-refractivity contribution in [2.24, 2.45) is 5.92 Å². The number of aliphatic hydroxyl groups is 1. The lowest BCUT2D eigenvalue weighted by atomic mass is 10.0. The highest BCUT2D eigenvalue weighted by Gasteiger charge is 2.54. The summed E-state index contributed by atoms with van der Waals surface area (Å²) in [6.45, 7) is 0.739. The fraction of sp³-hybridized carbons (Fsp3) is 0.429. The van der Waals surface area contributed by atoms with Crippen LogP contribution in [0.1, 0.15) is 30.3 Å². The molecule has 1 fully saturated rings. The fourth-order valence-electron chi connectivity index (χ4n) is 2.95. The first-order valence-electron chi connectivity index (χ1n) is 9.37. The van der Waals surface area contributed by atoms with Gasteiger partial charge in [-0.05, 0) is 43.4 Å². The Bertz CT molecular complexity index is 1250. The number of aliphatic hydroxyl groups excluding tert-OH is 1. The van der Waals surface area contributed by atoms with Gasteiger partial charge in [0.25, 0.3) is 5.91 Å². The number of nitrogens with one attached hydrogen (secondary N) is 1. The third-order valence-electron chi connectivity index (χ3n) is 5.44. The van der Waals surface area contributed by atoms with E-state index in [1.807, 2.05) is 6.07 Å². The van der Waals surface area contributed by atoms with Gasteiger partial charge in [0.1, 0.15) is 10.4 Å². The molecule has 7 nitrogen and oxygen atoms in total. The van der Waals surface area contributed by atoms with E-state index in [1.54, 1.807) is 12.1 Å². The molecule has 1 aromatic heterocycles. The van der Waals surface area contributed by atoms with Gasteiger partial charge in [0.05, 0.1) is 27.7 Å². The van der Waals surface area contributed by atoms with Gasteiger partial charge in [0, 0.05) is 24.7 Å². The normalized spacial score (nSPS) is 21.9. The van der Waals surface area contributed by atoms with Crippen molar-refractivity contribution in [3.63, 3.8) is 0 Å². The summed E-state index contributed by atoms with van der Waals surface area (Å²) < 4.78 is 36.8. The van der Waals surface area contributed by atoms with Gasteiger partial charge >= 0.3 is 0 Å². The summed E-state index contributed by atoms with van der Waals surface area (Å²) in [5, 5.41) is 18.4. The zero-order valence-corrected chi connectivity index (χ0v) is 18.5. The minimum atomic E-state index is -3.77. The van der Waals surface area contributed by atoms with E-state index >= 15 is 0 Å². The van der Waals surface area contributed by atoms with E-state index in [-0.39, 0.29) is 19.3 Å².